The zero-order chi connectivity index (χ0) is 19.6. The normalized spacial score (nSPS) is 25.6. The minimum atomic E-state index is -1.47. The van der Waals surface area contributed by atoms with E-state index < -0.39 is 8.07 Å². The van der Waals surface area contributed by atoms with Crippen LogP contribution < -0.4 is 0 Å². The molecule has 0 heterocycles. The molecule has 0 spiro atoms. The Labute approximate surface area is 176 Å². The van der Waals surface area contributed by atoms with Gasteiger partial charge in [-0.1, -0.05) is 72.8 Å². The highest BCUT2D eigenvalue weighted by Crippen LogP contribution is 2.58. The number of hydrogen-bond donors (Lipinski definition) is 0. The monoisotopic (exact) mass is 396 g/mol. The van der Waals surface area contributed by atoms with Gasteiger partial charge < -0.3 is 0 Å². The second-order valence-electron chi connectivity index (χ2n) is 10.4. The van der Waals surface area contributed by atoms with Crippen molar-refractivity contribution in [1.82, 2.24) is 0 Å². The number of fused-ring (bicyclic) bond motifs is 4. The van der Waals surface area contributed by atoms with E-state index in [-0.39, 0.29) is 0 Å². The van der Waals surface area contributed by atoms with Crippen LogP contribution in [0, 0.1) is 0 Å². The number of hydrogen-bond acceptors (Lipinski definition) is 0. The molecule has 1 heteroatoms. The molecule has 0 fully saturated rings. The third-order valence-electron chi connectivity index (χ3n) is 8.70. The van der Waals surface area contributed by atoms with E-state index in [0.29, 0.717) is 0 Å². The second kappa shape index (κ2) is 6.57. The molecule has 4 aliphatic carbocycles. The van der Waals surface area contributed by atoms with Gasteiger partial charge in [0.05, 0.1) is 8.07 Å². The van der Waals surface area contributed by atoms with Gasteiger partial charge in [0.1, 0.15) is 0 Å². The van der Waals surface area contributed by atoms with Crippen LogP contribution in [0.5, 0.6) is 0 Å². The van der Waals surface area contributed by atoms with Crippen molar-refractivity contribution in [3.05, 3.63) is 81.9 Å². The average molecular weight is 397 g/mol. The number of allylic oxidation sites excluding steroid dienone is 4. The van der Waals surface area contributed by atoms with Gasteiger partial charge in [0.25, 0.3) is 0 Å². The fourth-order valence-corrected chi connectivity index (χ4v) is 12.1. The van der Waals surface area contributed by atoms with E-state index in [1.165, 1.54) is 51.4 Å². The van der Waals surface area contributed by atoms with E-state index in [4.69, 9.17) is 0 Å². The van der Waals surface area contributed by atoms with Gasteiger partial charge in [0.2, 0.25) is 0 Å². The topological polar surface area (TPSA) is 0 Å². The highest BCUT2D eigenvalue weighted by molar-refractivity contribution is 6.81. The molecule has 2 aromatic carbocycles. The molecule has 29 heavy (non-hydrogen) atoms. The Morgan fingerprint density at radius 2 is 1.10 bits per heavy atom. The molecule has 0 amide bonds. The first kappa shape index (κ1) is 17.9. The van der Waals surface area contributed by atoms with E-state index >= 15 is 0 Å². The van der Waals surface area contributed by atoms with Crippen molar-refractivity contribution in [2.45, 2.75) is 75.5 Å². The minimum absolute atomic E-state index is 0.874. The van der Waals surface area contributed by atoms with Crippen LogP contribution in [0.3, 0.4) is 0 Å². The largest absolute Gasteiger partial charge is 0.0685 e. The van der Waals surface area contributed by atoms with Crippen LogP contribution in [0.15, 0.2) is 59.7 Å². The number of benzene rings is 2. The van der Waals surface area contributed by atoms with Gasteiger partial charge in [0, 0.05) is 0 Å². The van der Waals surface area contributed by atoms with E-state index in [0.717, 1.165) is 11.1 Å². The highest BCUT2D eigenvalue weighted by atomic mass is 28.3. The summed E-state index contributed by atoms with van der Waals surface area (Å²) in [6.45, 7) is 5.50. The Balaban J connectivity index is 1.39. The van der Waals surface area contributed by atoms with Crippen LogP contribution in [-0.4, -0.2) is 8.07 Å². The van der Waals surface area contributed by atoms with Gasteiger partial charge >= 0.3 is 0 Å². The third kappa shape index (κ3) is 2.63. The van der Waals surface area contributed by atoms with E-state index in [1.807, 2.05) is 11.1 Å². The zero-order valence-electron chi connectivity index (χ0n) is 17.9. The molecule has 148 valence electrons. The lowest BCUT2D eigenvalue weighted by molar-refractivity contribution is 0.644. The van der Waals surface area contributed by atoms with E-state index in [9.17, 15) is 0 Å². The Kier molecular flexibility index (Phi) is 4.07. The molecule has 0 saturated heterocycles. The van der Waals surface area contributed by atoms with Gasteiger partial charge in [-0.2, -0.15) is 0 Å². The maximum atomic E-state index is 2.75. The van der Waals surface area contributed by atoms with Gasteiger partial charge in [-0.15, -0.1) is 0 Å². The molecule has 0 saturated carbocycles. The van der Waals surface area contributed by atoms with Crippen molar-refractivity contribution in [3.63, 3.8) is 0 Å². The van der Waals surface area contributed by atoms with Crippen LogP contribution in [0.2, 0.25) is 24.2 Å². The lowest BCUT2D eigenvalue weighted by atomic mass is 9.90. The van der Waals surface area contributed by atoms with Crippen LogP contribution in [0.1, 0.15) is 60.8 Å². The van der Waals surface area contributed by atoms with E-state index in [2.05, 4.69) is 61.6 Å². The summed E-state index contributed by atoms with van der Waals surface area (Å²) in [7, 11) is -1.47. The average Bonchev–Trinajstić information content (AvgIpc) is 3.31. The molecule has 0 N–H and O–H groups in total. The molecule has 0 nitrogen and oxygen atoms in total. The molecule has 2 aromatic rings. The summed E-state index contributed by atoms with van der Waals surface area (Å²) in [4.78, 5) is 0. The lowest BCUT2D eigenvalue weighted by Crippen LogP contribution is -2.42. The quantitative estimate of drug-likeness (QED) is 0.454. The molecule has 2 unspecified atom stereocenters. The molecule has 0 aromatic heterocycles. The molecule has 0 radical (unpaired) electrons. The summed E-state index contributed by atoms with van der Waals surface area (Å²) in [5.41, 5.74) is 15.3. The first-order valence-electron chi connectivity index (χ1n) is 11.7. The van der Waals surface area contributed by atoms with Gasteiger partial charge in [0.15, 0.2) is 0 Å². The molecule has 2 atom stereocenters. The second-order valence-corrected chi connectivity index (χ2v) is 15.4. The van der Waals surface area contributed by atoms with Crippen LogP contribution in [0.25, 0.3) is 11.1 Å². The van der Waals surface area contributed by atoms with Crippen molar-refractivity contribution in [3.8, 4) is 0 Å². The molecule has 0 aliphatic heterocycles. The maximum Gasteiger partial charge on any atom is 0.0619 e. The lowest BCUT2D eigenvalue weighted by Gasteiger charge is -2.45. The molecule has 0 bridgehead atoms. The van der Waals surface area contributed by atoms with Crippen molar-refractivity contribution in [2.75, 3.05) is 0 Å². The smallest absolute Gasteiger partial charge is 0.0619 e. The molecular formula is C28H32Si. The standard InChI is InChI=1S/C28H32Si/c1-29(2,27-15-7-13-23-21-11-5-3-9-19(21)17-25(23)27)28-16-8-14-24-22-12-6-4-10-20(22)18-26(24)28/h3-6,9-12,27-28H,7-8,13-18H2,1-2H3. The molecular weight excluding hydrogens is 364 g/mol. The fraction of sp³-hybridized carbons (Fsp3) is 0.429. The van der Waals surface area contributed by atoms with Gasteiger partial charge in [-0.05, 0) is 95.8 Å². The molecule has 6 rings (SSSR count). The highest BCUT2D eigenvalue weighted by Gasteiger charge is 2.47. The summed E-state index contributed by atoms with van der Waals surface area (Å²) in [6.07, 6.45) is 10.8. The van der Waals surface area contributed by atoms with Crippen molar-refractivity contribution in [1.29, 1.82) is 0 Å². The van der Waals surface area contributed by atoms with Gasteiger partial charge in [-0.3, -0.25) is 0 Å². The zero-order valence-corrected chi connectivity index (χ0v) is 18.9. The molecule has 4 aliphatic rings. The summed E-state index contributed by atoms with van der Waals surface area (Å²) in [6, 6.07) is 18.5. The predicted octanol–water partition coefficient (Wildman–Crippen LogP) is 7.82. The summed E-state index contributed by atoms with van der Waals surface area (Å²) < 4.78 is 0. The predicted molar refractivity (Wildman–Crippen MR) is 127 cm³/mol. The fourth-order valence-electron chi connectivity index (χ4n) is 7.36. The Morgan fingerprint density at radius 3 is 1.59 bits per heavy atom. The first-order chi connectivity index (χ1) is 14.1. The maximum absolute atomic E-state index is 2.75. The van der Waals surface area contributed by atoms with E-state index in [1.54, 1.807) is 33.4 Å². The van der Waals surface area contributed by atoms with Crippen LogP contribution in [-0.2, 0) is 12.8 Å². The summed E-state index contributed by atoms with van der Waals surface area (Å²) >= 11 is 0. The summed E-state index contributed by atoms with van der Waals surface area (Å²) in [5, 5.41) is 0. The third-order valence-corrected chi connectivity index (χ3v) is 13.6. The van der Waals surface area contributed by atoms with Crippen molar-refractivity contribution in [2.24, 2.45) is 0 Å². The van der Waals surface area contributed by atoms with Crippen molar-refractivity contribution >= 4 is 19.2 Å². The van der Waals surface area contributed by atoms with Crippen LogP contribution >= 0.6 is 0 Å². The Morgan fingerprint density at radius 1 is 0.655 bits per heavy atom. The van der Waals surface area contributed by atoms with Crippen molar-refractivity contribution < 1.29 is 0 Å². The number of rotatable bonds is 2. The Bertz CT molecular complexity index is 968. The Hall–Kier alpha value is -1.86. The van der Waals surface area contributed by atoms with Gasteiger partial charge in [-0.25, -0.2) is 0 Å². The summed E-state index contributed by atoms with van der Waals surface area (Å²) in [5.74, 6) is 0. The first-order valence-corrected chi connectivity index (χ1v) is 14.9. The van der Waals surface area contributed by atoms with Crippen LogP contribution in [0.4, 0.5) is 0 Å². The minimum Gasteiger partial charge on any atom is -0.0685 e. The SMILES string of the molecule is C[Si](C)(C1CCCC2=C1Cc1ccccc12)C1CCCC2=C1Cc1ccccc12.